The first-order chi connectivity index (χ1) is 7.11. The smallest absolute Gasteiger partial charge is 0.321 e. The number of hydrogen-bond donors (Lipinski definition) is 0. The predicted molar refractivity (Wildman–Crippen MR) is 47.4 cm³/mol. The van der Waals surface area contributed by atoms with Gasteiger partial charge in [0.1, 0.15) is 6.61 Å². The molecule has 0 saturated carbocycles. The summed E-state index contributed by atoms with van der Waals surface area (Å²) in [7, 11) is 0. The number of ether oxygens (including phenoxy) is 4. The molecule has 6 heteroatoms. The van der Waals surface area contributed by atoms with Gasteiger partial charge in [0.2, 0.25) is 6.29 Å². The van der Waals surface area contributed by atoms with Gasteiger partial charge in [-0.15, -0.1) is 0 Å². The summed E-state index contributed by atoms with van der Waals surface area (Å²) in [6, 6.07) is 0. The molecular weight excluding hydrogens is 204 g/mol. The lowest BCUT2D eigenvalue weighted by molar-refractivity contribution is -0.249. The highest BCUT2D eigenvalue weighted by Crippen LogP contribution is 2.14. The maximum atomic E-state index is 11.0. The zero-order valence-electron chi connectivity index (χ0n) is 8.73. The maximum absolute atomic E-state index is 11.0. The molecule has 0 aromatic carbocycles. The molecule has 1 saturated heterocycles. The van der Waals surface area contributed by atoms with Gasteiger partial charge in [0.05, 0.1) is 0 Å². The fourth-order valence-corrected chi connectivity index (χ4v) is 1.04. The first-order valence-corrected chi connectivity index (χ1v) is 4.75. The molecule has 1 fully saturated rings. The topological polar surface area (TPSA) is 71.1 Å². The van der Waals surface area contributed by atoms with Crippen molar-refractivity contribution < 1.29 is 28.5 Å². The molecule has 1 unspecified atom stereocenters. The molecule has 1 aliphatic heterocycles. The van der Waals surface area contributed by atoms with Gasteiger partial charge in [0.15, 0.2) is 0 Å². The molecule has 0 bridgehead atoms. The molecule has 0 aliphatic carbocycles. The Morgan fingerprint density at radius 2 is 2.13 bits per heavy atom. The van der Waals surface area contributed by atoms with Crippen LogP contribution in [0.2, 0.25) is 0 Å². The van der Waals surface area contributed by atoms with E-state index in [-0.39, 0.29) is 6.61 Å². The fraction of sp³-hybridized carbons (Fsp3) is 0.778. The van der Waals surface area contributed by atoms with E-state index in [1.807, 2.05) is 6.92 Å². The van der Waals surface area contributed by atoms with Crippen LogP contribution in [0.5, 0.6) is 0 Å². The molecule has 0 amide bonds. The maximum Gasteiger partial charge on any atom is 0.321 e. The third kappa shape index (κ3) is 4.26. The highest BCUT2D eigenvalue weighted by atomic mass is 16.9. The molecular formula is C9H14O6. The summed E-state index contributed by atoms with van der Waals surface area (Å²) in [5, 5.41) is 0. The van der Waals surface area contributed by atoms with Crippen LogP contribution in [0, 0.1) is 0 Å². The van der Waals surface area contributed by atoms with Gasteiger partial charge < -0.3 is 14.2 Å². The Morgan fingerprint density at radius 3 is 2.73 bits per heavy atom. The molecule has 1 rings (SSSR count). The number of carbonyl (C=O) groups excluding carboxylic acids is 2. The van der Waals surface area contributed by atoms with E-state index in [4.69, 9.17) is 18.9 Å². The molecule has 0 spiro atoms. The van der Waals surface area contributed by atoms with E-state index in [2.05, 4.69) is 0 Å². The Labute approximate surface area is 87.4 Å². The van der Waals surface area contributed by atoms with Crippen molar-refractivity contribution in [3.8, 4) is 0 Å². The molecule has 2 atom stereocenters. The van der Waals surface area contributed by atoms with Gasteiger partial charge in [-0.2, -0.15) is 0 Å². The summed E-state index contributed by atoms with van der Waals surface area (Å²) < 4.78 is 19.4. The Bertz CT molecular complexity index is 239. The lowest BCUT2D eigenvalue weighted by Gasteiger charge is -2.11. The minimum atomic E-state index is -1.06. The molecule has 1 heterocycles. The van der Waals surface area contributed by atoms with Crippen molar-refractivity contribution in [2.75, 3.05) is 6.61 Å². The van der Waals surface area contributed by atoms with Gasteiger partial charge in [0.25, 0.3) is 0 Å². The third-order valence-electron chi connectivity index (χ3n) is 1.61. The molecule has 0 aromatic heterocycles. The second-order valence-corrected chi connectivity index (χ2v) is 3.04. The van der Waals surface area contributed by atoms with Crippen molar-refractivity contribution in [3.63, 3.8) is 0 Å². The summed E-state index contributed by atoms with van der Waals surface area (Å²) in [6.45, 7) is 2.14. The summed E-state index contributed by atoms with van der Waals surface area (Å²) in [5.41, 5.74) is 0. The lowest BCUT2D eigenvalue weighted by Crippen LogP contribution is -2.22. The predicted octanol–water partition coefficient (Wildman–Crippen LogP) is 0.549. The van der Waals surface area contributed by atoms with E-state index in [1.165, 1.54) is 6.92 Å². The minimum absolute atomic E-state index is 0.0731. The number of carbonyl (C=O) groups is 2. The Hall–Kier alpha value is -1.14. The van der Waals surface area contributed by atoms with Gasteiger partial charge >= 0.3 is 18.4 Å². The van der Waals surface area contributed by atoms with Crippen LogP contribution in [-0.4, -0.2) is 31.3 Å². The van der Waals surface area contributed by atoms with Crippen LogP contribution in [-0.2, 0) is 28.5 Å². The molecule has 6 nitrogen and oxygen atoms in total. The highest BCUT2D eigenvalue weighted by molar-refractivity contribution is 5.69. The van der Waals surface area contributed by atoms with E-state index in [0.717, 1.165) is 0 Å². The van der Waals surface area contributed by atoms with E-state index in [0.29, 0.717) is 12.8 Å². The normalized spacial score (nSPS) is 24.9. The van der Waals surface area contributed by atoms with E-state index < -0.39 is 24.7 Å². The Kier molecular flexibility index (Phi) is 4.51. The number of hydrogen-bond acceptors (Lipinski definition) is 6. The van der Waals surface area contributed by atoms with Crippen LogP contribution in [0.3, 0.4) is 0 Å². The lowest BCUT2D eigenvalue weighted by atomic mass is 10.3. The average molecular weight is 218 g/mol. The van der Waals surface area contributed by atoms with Crippen molar-refractivity contribution in [2.45, 2.75) is 39.5 Å². The SMILES string of the molecule is CCCC(=O)OC1OC[C@H](OC(C)=O)O1. The van der Waals surface area contributed by atoms with Crippen LogP contribution in [0.25, 0.3) is 0 Å². The minimum Gasteiger partial charge on any atom is -0.433 e. The van der Waals surface area contributed by atoms with E-state index >= 15 is 0 Å². The monoisotopic (exact) mass is 218 g/mol. The van der Waals surface area contributed by atoms with Crippen LogP contribution < -0.4 is 0 Å². The highest BCUT2D eigenvalue weighted by Gasteiger charge is 2.30. The number of rotatable bonds is 4. The van der Waals surface area contributed by atoms with Crippen molar-refractivity contribution in [2.24, 2.45) is 0 Å². The van der Waals surface area contributed by atoms with E-state index in [9.17, 15) is 9.59 Å². The molecule has 1 aliphatic rings. The van der Waals surface area contributed by atoms with Gasteiger partial charge in [-0.1, -0.05) is 6.92 Å². The second kappa shape index (κ2) is 5.67. The standard InChI is InChI=1S/C9H14O6/c1-3-4-7(11)14-9-12-5-8(15-9)13-6(2)10/h8-9H,3-5H2,1-2H3/t8-,9?/m1/s1. The Morgan fingerprint density at radius 1 is 1.40 bits per heavy atom. The van der Waals surface area contributed by atoms with Crippen LogP contribution in [0.1, 0.15) is 26.7 Å². The molecule has 0 N–H and O–H groups in total. The van der Waals surface area contributed by atoms with Gasteiger partial charge in [0, 0.05) is 13.3 Å². The molecule has 0 radical (unpaired) electrons. The van der Waals surface area contributed by atoms with Crippen molar-refractivity contribution in [1.82, 2.24) is 0 Å². The summed E-state index contributed by atoms with van der Waals surface area (Å²) in [6.07, 6.45) is 0.210. The summed E-state index contributed by atoms with van der Waals surface area (Å²) in [4.78, 5) is 21.6. The van der Waals surface area contributed by atoms with Crippen molar-refractivity contribution in [3.05, 3.63) is 0 Å². The second-order valence-electron chi connectivity index (χ2n) is 3.04. The average Bonchev–Trinajstić information content (AvgIpc) is 2.51. The van der Waals surface area contributed by atoms with Gasteiger partial charge in [-0.05, 0) is 6.42 Å². The van der Waals surface area contributed by atoms with E-state index in [1.54, 1.807) is 0 Å². The van der Waals surface area contributed by atoms with Gasteiger partial charge in [-0.3, -0.25) is 14.3 Å². The third-order valence-corrected chi connectivity index (χ3v) is 1.61. The molecule has 86 valence electrons. The van der Waals surface area contributed by atoms with Crippen LogP contribution >= 0.6 is 0 Å². The molecule has 0 aromatic rings. The fourth-order valence-electron chi connectivity index (χ4n) is 1.04. The summed E-state index contributed by atoms with van der Waals surface area (Å²) in [5.74, 6) is -0.866. The first kappa shape index (κ1) is 11.9. The Balaban J connectivity index is 2.24. The van der Waals surface area contributed by atoms with Gasteiger partial charge in [-0.25, -0.2) is 0 Å². The van der Waals surface area contributed by atoms with Crippen LogP contribution in [0.15, 0.2) is 0 Å². The quantitative estimate of drug-likeness (QED) is 0.642. The number of esters is 2. The first-order valence-electron chi connectivity index (χ1n) is 4.75. The largest absolute Gasteiger partial charge is 0.433 e. The van der Waals surface area contributed by atoms with Crippen LogP contribution in [0.4, 0.5) is 0 Å². The van der Waals surface area contributed by atoms with Crippen molar-refractivity contribution in [1.29, 1.82) is 0 Å². The molecule has 15 heavy (non-hydrogen) atoms. The summed E-state index contributed by atoms with van der Waals surface area (Å²) >= 11 is 0. The zero-order chi connectivity index (χ0) is 11.3. The van der Waals surface area contributed by atoms with Crippen molar-refractivity contribution >= 4 is 11.9 Å². The zero-order valence-corrected chi connectivity index (χ0v) is 8.73.